The molecule has 4 rings (SSSR count). The molecule has 2 amide bonds. The van der Waals surface area contributed by atoms with Crippen LogP contribution < -0.4 is 19.7 Å². The van der Waals surface area contributed by atoms with Crippen molar-refractivity contribution in [2.24, 2.45) is 0 Å². The summed E-state index contributed by atoms with van der Waals surface area (Å²) < 4.78 is 11.0. The Bertz CT molecular complexity index is 1200. The SMILES string of the molecule is CCOc1ccc(NC(=O)C[C@H]2C(=O)N(c3ccc(OCC)cc3)C(=S)N2Cc2ccccn2)cc1. The minimum Gasteiger partial charge on any atom is -0.494 e. The Morgan fingerprint density at radius 3 is 2.19 bits per heavy atom. The average Bonchev–Trinajstić information content (AvgIpc) is 3.10. The van der Waals surface area contributed by atoms with Gasteiger partial charge in [-0.05, 0) is 86.7 Å². The van der Waals surface area contributed by atoms with Gasteiger partial charge >= 0.3 is 0 Å². The molecule has 1 aliphatic rings. The molecule has 0 bridgehead atoms. The molecular formula is C27H28N4O4S. The lowest BCUT2D eigenvalue weighted by Crippen LogP contribution is -2.37. The van der Waals surface area contributed by atoms with E-state index in [-0.39, 0.29) is 18.2 Å². The fourth-order valence-electron chi connectivity index (χ4n) is 3.96. The van der Waals surface area contributed by atoms with Crippen LogP contribution in [0.15, 0.2) is 72.9 Å². The smallest absolute Gasteiger partial charge is 0.256 e. The highest BCUT2D eigenvalue weighted by atomic mass is 32.1. The molecule has 1 saturated heterocycles. The minimum absolute atomic E-state index is 0.0629. The van der Waals surface area contributed by atoms with Crippen LogP contribution in [0.25, 0.3) is 0 Å². The van der Waals surface area contributed by atoms with Crippen LogP contribution in [0.5, 0.6) is 11.5 Å². The van der Waals surface area contributed by atoms with E-state index in [1.54, 1.807) is 59.6 Å². The minimum atomic E-state index is -0.770. The molecule has 0 spiro atoms. The lowest BCUT2D eigenvalue weighted by molar-refractivity contribution is -0.124. The van der Waals surface area contributed by atoms with Crippen molar-refractivity contribution in [3.05, 3.63) is 78.6 Å². The summed E-state index contributed by atoms with van der Waals surface area (Å²) in [6.45, 7) is 5.23. The maximum atomic E-state index is 13.6. The van der Waals surface area contributed by atoms with Crippen molar-refractivity contribution in [1.82, 2.24) is 9.88 Å². The molecule has 0 radical (unpaired) electrons. The second-order valence-electron chi connectivity index (χ2n) is 8.06. The van der Waals surface area contributed by atoms with Gasteiger partial charge in [-0.25, -0.2) is 0 Å². The highest BCUT2D eigenvalue weighted by Gasteiger charge is 2.44. The van der Waals surface area contributed by atoms with Crippen LogP contribution in [0, 0.1) is 0 Å². The molecule has 1 aromatic heterocycles. The van der Waals surface area contributed by atoms with E-state index >= 15 is 0 Å². The number of aromatic nitrogens is 1. The first-order valence-electron chi connectivity index (χ1n) is 11.8. The molecule has 1 atom stereocenters. The van der Waals surface area contributed by atoms with Crippen molar-refractivity contribution in [2.75, 3.05) is 23.4 Å². The molecule has 0 saturated carbocycles. The van der Waals surface area contributed by atoms with E-state index in [1.165, 1.54) is 4.90 Å². The van der Waals surface area contributed by atoms with Crippen LogP contribution in [-0.2, 0) is 16.1 Å². The maximum Gasteiger partial charge on any atom is 0.256 e. The number of ether oxygens (including phenoxy) is 2. The zero-order valence-corrected chi connectivity index (χ0v) is 21.0. The largest absolute Gasteiger partial charge is 0.494 e. The maximum absolute atomic E-state index is 13.6. The van der Waals surface area contributed by atoms with Gasteiger partial charge in [0.2, 0.25) is 5.91 Å². The third kappa shape index (κ3) is 5.80. The van der Waals surface area contributed by atoms with Gasteiger partial charge in [0, 0.05) is 11.9 Å². The number of nitrogens with zero attached hydrogens (tertiary/aromatic N) is 3. The van der Waals surface area contributed by atoms with Crippen molar-refractivity contribution in [3.63, 3.8) is 0 Å². The van der Waals surface area contributed by atoms with Gasteiger partial charge < -0.3 is 19.7 Å². The number of hydrogen-bond acceptors (Lipinski definition) is 6. The summed E-state index contributed by atoms with van der Waals surface area (Å²) in [7, 11) is 0. The van der Waals surface area contributed by atoms with E-state index in [1.807, 2.05) is 32.0 Å². The van der Waals surface area contributed by atoms with Crippen LogP contribution in [-0.4, -0.2) is 46.1 Å². The molecule has 0 aliphatic carbocycles. The van der Waals surface area contributed by atoms with Gasteiger partial charge in [-0.1, -0.05) is 6.07 Å². The summed E-state index contributed by atoms with van der Waals surface area (Å²) >= 11 is 5.73. The number of anilines is 2. The second kappa shape index (κ2) is 11.6. The van der Waals surface area contributed by atoms with Crippen molar-refractivity contribution in [1.29, 1.82) is 0 Å². The van der Waals surface area contributed by atoms with Gasteiger partial charge in [-0.3, -0.25) is 19.5 Å². The van der Waals surface area contributed by atoms with E-state index in [9.17, 15) is 9.59 Å². The van der Waals surface area contributed by atoms with E-state index in [0.29, 0.717) is 42.0 Å². The van der Waals surface area contributed by atoms with Gasteiger partial charge in [0.1, 0.15) is 17.5 Å². The fourth-order valence-corrected chi connectivity index (χ4v) is 4.35. The van der Waals surface area contributed by atoms with Gasteiger partial charge in [0.15, 0.2) is 5.11 Å². The van der Waals surface area contributed by atoms with Crippen molar-refractivity contribution >= 4 is 40.5 Å². The first-order valence-corrected chi connectivity index (χ1v) is 12.2. The molecule has 1 fully saturated rings. The Balaban J connectivity index is 1.54. The third-order valence-corrected chi connectivity index (χ3v) is 6.03. The van der Waals surface area contributed by atoms with Gasteiger partial charge in [0.05, 0.1) is 37.6 Å². The highest BCUT2D eigenvalue weighted by Crippen LogP contribution is 2.30. The lowest BCUT2D eigenvalue weighted by atomic mass is 10.1. The van der Waals surface area contributed by atoms with Crippen LogP contribution in [0.4, 0.5) is 11.4 Å². The monoisotopic (exact) mass is 504 g/mol. The summed E-state index contributed by atoms with van der Waals surface area (Å²) in [5.74, 6) is 0.872. The topological polar surface area (TPSA) is 84.0 Å². The Hall–Kier alpha value is -3.98. The molecule has 8 nitrogen and oxygen atoms in total. The van der Waals surface area contributed by atoms with E-state index in [0.717, 1.165) is 11.4 Å². The zero-order valence-electron chi connectivity index (χ0n) is 20.2. The number of amides is 2. The summed E-state index contributed by atoms with van der Waals surface area (Å²) in [5.41, 5.74) is 1.99. The van der Waals surface area contributed by atoms with Crippen molar-refractivity contribution < 1.29 is 19.1 Å². The quantitative estimate of drug-likeness (QED) is 0.410. The Kier molecular flexibility index (Phi) is 8.12. The molecule has 9 heteroatoms. The highest BCUT2D eigenvalue weighted by molar-refractivity contribution is 7.80. The molecule has 2 heterocycles. The van der Waals surface area contributed by atoms with Crippen LogP contribution in [0.1, 0.15) is 26.0 Å². The van der Waals surface area contributed by atoms with Crippen LogP contribution in [0.2, 0.25) is 0 Å². The lowest BCUT2D eigenvalue weighted by Gasteiger charge is -2.23. The van der Waals surface area contributed by atoms with Gasteiger partial charge in [0.25, 0.3) is 5.91 Å². The molecule has 186 valence electrons. The van der Waals surface area contributed by atoms with E-state index in [4.69, 9.17) is 21.7 Å². The number of carbonyl (C=O) groups excluding carboxylic acids is 2. The first kappa shape index (κ1) is 25.1. The first-order chi connectivity index (χ1) is 17.5. The van der Waals surface area contributed by atoms with Crippen molar-refractivity contribution in [2.45, 2.75) is 32.9 Å². The average molecular weight is 505 g/mol. The number of pyridine rings is 1. The number of rotatable bonds is 10. The summed E-state index contributed by atoms with van der Waals surface area (Å²) in [5, 5.41) is 3.19. The van der Waals surface area contributed by atoms with Crippen LogP contribution in [0.3, 0.4) is 0 Å². The fraction of sp³-hybridized carbons (Fsp3) is 0.259. The van der Waals surface area contributed by atoms with Gasteiger partial charge in [-0.15, -0.1) is 0 Å². The van der Waals surface area contributed by atoms with Crippen molar-refractivity contribution in [3.8, 4) is 11.5 Å². The molecule has 36 heavy (non-hydrogen) atoms. The number of nitrogens with one attached hydrogen (secondary N) is 1. The second-order valence-corrected chi connectivity index (χ2v) is 8.42. The van der Waals surface area contributed by atoms with E-state index < -0.39 is 6.04 Å². The Morgan fingerprint density at radius 2 is 1.61 bits per heavy atom. The standard InChI is InChI=1S/C27H28N4O4S/c1-3-34-22-12-8-19(9-13-22)29-25(32)17-24-26(33)31(21-10-14-23(15-11-21)35-4-2)27(36)30(24)18-20-7-5-6-16-28-20/h5-16,24H,3-4,17-18H2,1-2H3,(H,29,32)/t24-/m0/s1. The van der Waals surface area contributed by atoms with Gasteiger partial charge in [-0.2, -0.15) is 0 Å². The molecule has 1 N–H and O–H groups in total. The molecule has 3 aromatic rings. The molecule has 1 aliphatic heterocycles. The predicted octanol–water partition coefficient (Wildman–Crippen LogP) is 4.41. The third-order valence-electron chi connectivity index (χ3n) is 5.61. The number of benzene rings is 2. The molecular weight excluding hydrogens is 476 g/mol. The van der Waals surface area contributed by atoms with E-state index in [2.05, 4.69) is 10.3 Å². The number of thiocarbonyl (C=S) groups is 1. The zero-order chi connectivity index (χ0) is 25.5. The molecule has 2 aromatic carbocycles. The number of hydrogen-bond donors (Lipinski definition) is 1. The summed E-state index contributed by atoms with van der Waals surface area (Å²) in [6.07, 6.45) is 1.63. The number of carbonyl (C=O) groups is 2. The van der Waals surface area contributed by atoms with Crippen LogP contribution >= 0.6 is 12.2 Å². The molecule has 0 unspecified atom stereocenters. The summed E-state index contributed by atoms with van der Waals surface area (Å²) in [4.78, 5) is 34.2. The Morgan fingerprint density at radius 1 is 0.972 bits per heavy atom. The summed E-state index contributed by atoms with van der Waals surface area (Å²) in [6, 6.07) is 19.1. The predicted molar refractivity (Wildman–Crippen MR) is 142 cm³/mol. The normalized spacial score (nSPS) is 15.2. The Labute approximate surface area is 215 Å².